The van der Waals surface area contributed by atoms with Gasteiger partial charge >= 0.3 is 0 Å². The van der Waals surface area contributed by atoms with Crippen LogP contribution in [0.5, 0.6) is 11.5 Å². The van der Waals surface area contributed by atoms with E-state index < -0.39 is 0 Å². The van der Waals surface area contributed by atoms with Crippen LogP contribution in [0, 0.1) is 0 Å². The molecule has 2 N–H and O–H groups in total. The van der Waals surface area contributed by atoms with E-state index in [-0.39, 0.29) is 0 Å². The molecule has 7 heteroatoms. The van der Waals surface area contributed by atoms with Crippen LogP contribution in [-0.4, -0.2) is 66.6 Å². The van der Waals surface area contributed by atoms with Crippen LogP contribution in [-0.2, 0) is 6.54 Å². The predicted molar refractivity (Wildman–Crippen MR) is 111 cm³/mol. The second-order valence-electron chi connectivity index (χ2n) is 7.25. The molecule has 1 aromatic carbocycles. The summed E-state index contributed by atoms with van der Waals surface area (Å²) >= 11 is 0. The fourth-order valence-corrected chi connectivity index (χ4v) is 3.69. The van der Waals surface area contributed by atoms with E-state index in [2.05, 4.69) is 21.2 Å². The van der Waals surface area contributed by atoms with Crippen molar-refractivity contribution in [3.8, 4) is 22.8 Å². The Labute approximate surface area is 165 Å². The molecule has 2 aromatic heterocycles. The highest BCUT2D eigenvalue weighted by atomic mass is 16.5. The lowest BCUT2D eigenvalue weighted by Gasteiger charge is -2.32. The summed E-state index contributed by atoms with van der Waals surface area (Å²) in [6.07, 6.45) is 1.96. The number of hydrogen-bond donors (Lipinski definition) is 1. The number of pyridine rings is 1. The van der Waals surface area contributed by atoms with Crippen LogP contribution in [0.4, 0.5) is 5.69 Å². The van der Waals surface area contributed by atoms with Crippen LogP contribution in [0.25, 0.3) is 16.9 Å². The molecule has 1 aliphatic rings. The van der Waals surface area contributed by atoms with Crippen molar-refractivity contribution in [3.63, 3.8) is 0 Å². The molecule has 7 nitrogen and oxygen atoms in total. The Kier molecular flexibility index (Phi) is 5.11. The molecule has 0 amide bonds. The van der Waals surface area contributed by atoms with Gasteiger partial charge in [0.05, 0.1) is 25.6 Å². The van der Waals surface area contributed by atoms with E-state index in [1.54, 1.807) is 14.2 Å². The predicted octanol–water partition coefficient (Wildman–Crippen LogP) is 2.35. The van der Waals surface area contributed by atoms with Gasteiger partial charge in [0.25, 0.3) is 0 Å². The molecular formula is C21H27N5O2. The number of ether oxygens (including phenoxy) is 2. The largest absolute Gasteiger partial charge is 0.493 e. The molecule has 3 heterocycles. The summed E-state index contributed by atoms with van der Waals surface area (Å²) in [5.41, 5.74) is 10.8. The van der Waals surface area contributed by atoms with Gasteiger partial charge < -0.3 is 24.5 Å². The highest BCUT2D eigenvalue weighted by molar-refractivity contribution is 5.70. The number of nitrogens with two attached hydrogens (primary N) is 1. The number of likely N-dealkylation sites (N-methyl/N-ethyl adjacent to an activating group) is 1. The number of fused-ring (bicyclic) bond motifs is 1. The summed E-state index contributed by atoms with van der Waals surface area (Å²) in [6.45, 7) is 5.05. The van der Waals surface area contributed by atoms with E-state index in [1.807, 2.05) is 36.5 Å². The van der Waals surface area contributed by atoms with Crippen LogP contribution >= 0.6 is 0 Å². The van der Waals surface area contributed by atoms with Gasteiger partial charge in [-0.05, 0) is 37.4 Å². The number of rotatable bonds is 5. The van der Waals surface area contributed by atoms with Crippen molar-refractivity contribution in [2.45, 2.75) is 6.54 Å². The maximum absolute atomic E-state index is 6.07. The second-order valence-corrected chi connectivity index (χ2v) is 7.25. The first-order valence-corrected chi connectivity index (χ1v) is 9.49. The molecule has 0 bridgehead atoms. The zero-order valence-corrected chi connectivity index (χ0v) is 16.7. The third-order valence-electron chi connectivity index (χ3n) is 5.37. The second kappa shape index (κ2) is 7.69. The number of benzene rings is 1. The van der Waals surface area contributed by atoms with E-state index in [9.17, 15) is 0 Å². The van der Waals surface area contributed by atoms with Crippen molar-refractivity contribution in [2.24, 2.45) is 0 Å². The number of imidazole rings is 1. The van der Waals surface area contributed by atoms with Gasteiger partial charge in [0.2, 0.25) is 0 Å². The van der Waals surface area contributed by atoms with Gasteiger partial charge in [-0.15, -0.1) is 0 Å². The Morgan fingerprint density at radius 2 is 1.75 bits per heavy atom. The normalized spacial score (nSPS) is 15.8. The highest BCUT2D eigenvalue weighted by Crippen LogP contribution is 2.34. The van der Waals surface area contributed by atoms with Gasteiger partial charge in [-0.3, -0.25) is 4.90 Å². The van der Waals surface area contributed by atoms with Crippen LogP contribution in [0.2, 0.25) is 0 Å². The van der Waals surface area contributed by atoms with Crippen LogP contribution in [0.3, 0.4) is 0 Å². The number of nitrogens with zero attached hydrogens (tertiary/aromatic N) is 4. The van der Waals surface area contributed by atoms with Gasteiger partial charge in [-0.1, -0.05) is 0 Å². The van der Waals surface area contributed by atoms with Crippen LogP contribution in [0.1, 0.15) is 5.69 Å². The first-order chi connectivity index (χ1) is 13.6. The minimum Gasteiger partial charge on any atom is -0.493 e. The van der Waals surface area contributed by atoms with Gasteiger partial charge in [0.15, 0.2) is 11.5 Å². The Bertz CT molecular complexity index is 976. The Morgan fingerprint density at radius 1 is 1.00 bits per heavy atom. The van der Waals surface area contributed by atoms with Crippen molar-refractivity contribution in [3.05, 3.63) is 42.2 Å². The summed E-state index contributed by atoms with van der Waals surface area (Å²) in [5.74, 6) is 1.40. The Hall–Kier alpha value is -2.77. The molecule has 0 spiro atoms. The molecule has 0 aliphatic carbocycles. The first kappa shape index (κ1) is 18.6. The molecule has 148 valence electrons. The number of hydrogen-bond acceptors (Lipinski definition) is 6. The summed E-state index contributed by atoms with van der Waals surface area (Å²) in [6, 6.07) is 9.79. The van der Waals surface area contributed by atoms with Gasteiger partial charge in [-0.2, -0.15) is 0 Å². The molecule has 1 fully saturated rings. The molecule has 0 radical (unpaired) electrons. The average molecular weight is 381 g/mol. The van der Waals surface area contributed by atoms with E-state index >= 15 is 0 Å². The Morgan fingerprint density at radius 3 is 2.46 bits per heavy atom. The summed E-state index contributed by atoms with van der Waals surface area (Å²) < 4.78 is 13.0. The molecule has 3 aromatic rings. The number of anilines is 1. The molecular weight excluding hydrogens is 354 g/mol. The lowest BCUT2D eigenvalue weighted by Crippen LogP contribution is -2.44. The third kappa shape index (κ3) is 3.50. The molecule has 0 atom stereocenters. The van der Waals surface area contributed by atoms with Crippen molar-refractivity contribution in [2.75, 3.05) is 53.2 Å². The third-order valence-corrected chi connectivity index (χ3v) is 5.37. The van der Waals surface area contributed by atoms with E-state index in [1.165, 1.54) is 0 Å². The van der Waals surface area contributed by atoms with Crippen molar-refractivity contribution >= 4 is 11.3 Å². The monoisotopic (exact) mass is 381 g/mol. The maximum atomic E-state index is 6.07. The van der Waals surface area contributed by atoms with E-state index in [4.69, 9.17) is 20.2 Å². The Balaban J connectivity index is 1.79. The number of aromatic nitrogens is 2. The first-order valence-electron chi connectivity index (χ1n) is 9.49. The summed E-state index contributed by atoms with van der Waals surface area (Å²) in [7, 11) is 5.46. The lowest BCUT2D eigenvalue weighted by molar-refractivity contribution is 0.147. The quantitative estimate of drug-likeness (QED) is 0.732. The molecule has 1 saturated heterocycles. The minimum absolute atomic E-state index is 0.696. The topological polar surface area (TPSA) is 68.3 Å². The average Bonchev–Trinajstić information content (AvgIpc) is 3.06. The standard InChI is InChI=1S/C21H27N5O2/c1-24-8-10-25(11-9-24)14-17-21(23-20-7-5-16(22)13-26(17)20)15-4-6-18(27-2)19(12-15)28-3/h4-7,12-13H,8-11,14,22H2,1-3H3. The van der Waals surface area contributed by atoms with Gasteiger partial charge in [-0.25, -0.2) is 4.98 Å². The molecule has 0 saturated carbocycles. The smallest absolute Gasteiger partial charge is 0.161 e. The van der Waals surface area contributed by atoms with Crippen molar-refractivity contribution in [1.29, 1.82) is 0 Å². The van der Waals surface area contributed by atoms with Gasteiger partial charge in [0, 0.05) is 50.2 Å². The van der Waals surface area contributed by atoms with Crippen LogP contribution < -0.4 is 15.2 Å². The fourth-order valence-electron chi connectivity index (χ4n) is 3.69. The SMILES string of the molecule is COc1ccc(-c2nc3ccc(N)cn3c2CN2CCN(C)CC2)cc1OC. The zero-order valence-electron chi connectivity index (χ0n) is 16.7. The highest BCUT2D eigenvalue weighted by Gasteiger charge is 2.21. The number of nitrogen functional groups attached to an aromatic ring is 1. The van der Waals surface area contributed by atoms with E-state index in [0.717, 1.165) is 61.0 Å². The number of piperazine rings is 1. The number of methoxy groups -OCH3 is 2. The molecule has 0 unspecified atom stereocenters. The van der Waals surface area contributed by atoms with Gasteiger partial charge in [0.1, 0.15) is 5.65 Å². The molecule has 4 rings (SSSR count). The van der Waals surface area contributed by atoms with E-state index in [0.29, 0.717) is 11.5 Å². The minimum atomic E-state index is 0.696. The lowest BCUT2D eigenvalue weighted by atomic mass is 10.1. The molecule has 28 heavy (non-hydrogen) atoms. The fraction of sp³-hybridized carbons (Fsp3) is 0.381. The molecule has 1 aliphatic heterocycles. The summed E-state index contributed by atoms with van der Waals surface area (Å²) in [5, 5.41) is 0. The van der Waals surface area contributed by atoms with Crippen LogP contribution in [0.15, 0.2) is 36.5 Å². The summed E-state index contributed by atoms with van der Waals surface area (Å²) in [4.78, 5) is 9.74. The van der Waals surface area contributed by atoms with Crippen molar-refractivity contribution in [1.82, 2.24) is 19.2 Å². The zero-order chi connectivity index (χ0) is 19.7. The maximum Gasteiger partial charge on any atom is 0.161 e. The van der Waals surface area contributed by atoms with Crippen molar-refractivity contribution < 1.29 is 9.47 Å².